The average Bonchev–Trinajstić information content (AvgIpc) is 2.65. The molecule has 0 saturated carbocycles. The van der Waals surface area contributed by atoms with E-state index in [1.54, 1.807) is 13.0 Å². The van der Waals surface area contributed by atoms with Gasteiger partial charge in [-0.3, -0.25) is 4.90 Å². The van der Waals surface area contributed by atoms with Crippen LogP contribution in [0.5, 0.6) is 5.75 Å². The van der Waals surface area contributed by atoms with Crippen LogP contribution in [0, 0.1) is 13.8 Å². The summed E-state index contributed by atoms with van der Waals surface area (Å²) >= 11 is 0. The van der Waals surface area contributed by atoms with Gasteiger partial charge in [-0.2, -0.15) is 0 Å². The number of halogens is 2. The van der Waals surface area contributed by atoms with Crippen LogP contribution in [0.3, 0.4) is 0 Å². The van der Waals surface area contributed by atoms with Gasteiger partial charge in [-0.25, -0.2) is 0 Å². The number of ether oxygens (including phenoxy) is 1. The minimum atomic E-state index is -0.918. The molecule has 5 nitrogen and oxygen atoms in total. The molecule has 2 N–H and O–H groups in total. The first-order chi connectivity index (χ1) is 12.9. The van der Waals surface area contributed by atoms with Crippen molar-refractivity contribution < 1.29 is 14.9 Å². The molecule has 0 bridgehead atoms. The summed E-state index contributed by atoms with van der Waals surface area (Å²) in [7, 11) is 0. The lowest BCUT2D eigenvalue weighted by Crippen LogP contribution is -2.49. The average molecular weight is 443 g/mol. The number of hydrogen-bond acceptors (Lipinski definition) is 5. The molecule has 29 heavy (non-hydrogen) atoms. The number of para-hydroxylation sites is 1. The van der Waals surface area contributed by atoms with E-state index in [4.69, 9.17) is 4.74 Å². The second kappa shape index (κ2) is 11.6. The van der Waals surface area contributed by atoms with Gasteiger partial charge in [0.05, 0.1) is 12.6 Å². The molecule has 1 saturated heterocycles. The van der Waals surface area contributed by atoms with Crippen LogP contribution in [-0.2, 0) is 0 Å². The molecule has 2 aromatic rings. The molecule has 2 unspecified atom stereocenters. The normalized spacial score (nSPS) is 16.4. The Bertz CT molecular complexity index is 765. The summed E-state index contributed by atoms with van der Waals surface area (Å²) in [6.45, 7) is 10.0. The van der Waals surface area contributed by atoms with E-state index in [9.17, 15) is 10.2 Å². The summed E-state index contributed by atoms with van der Waals surface area (Å²) < 4.78 is 5.69. The molecule has 0 aromatic heterocycles. The Morgan fingerprint density at radius 2 is 1.59 bits per heavy atom. The highest BCUT2D eigenvalue weighted by Gasteiger charge is 2.21. The third-order valence-corrected chi connectivity index (χ3v) is 5.27. The molecule has 1 fully saturated rings. The van der Waals surface area contributed by atoms with Gasteiger partial charge in [-0.05, 0) is 50.1 Å². The van der Waals surface area contributed by atoms with Gasteiger partial charge < -0.3 is 19.8 Å². The first kappa shape index (κ1) is 25.5. The molecular formula is C22H32Cl2N2O3. The van der Waals surface area contributed by atoms with E-state index in [0.717, 1.165) is 26.2 Å². The van der Waals surface area contributed by atoms with Crippen molar-refractivity contribution in [2.24, 2.45) is 0 Å². The van der Waals surface area contributed by atoms with Gasteiger partial charge in [0.2, 0.25) is 6.29 Å². The lowest BCUT2D eigenvalue weighted by molar-refractivity contribution is -0.0431. The molecular weight excluding hydrogens is 411 g/mol. The highest BCUT2D eigenvalue weighted by Crippen LogP contribution is 2.25. The van der Waals surface area contributed by atoms with Crippen molar-refractivity contribution in [1.29, 1.82) is 0 Å². The Labute approximate surface area is 186 Å². The summed E-state index contributed by atoms with van der Waals surface area (Å²) in [6, 6.07) is 13.9. The van der Waals surface area contributed by atoms with E-state index < -0.39 is 12.4 Å². The number of anilines is 1. The molecule has 0 spiro atoms. The topological polar surface area (TPSA) is 56.2 Å². The van der Waals surface area contributed by atoms with Crippen molar-refractivity contribution in [2.75, 3.05) is 37.6 Å². The van der Waals surface area contributed by atoms with Crippen LogP contribution in [0.25, 0.3) is 0 Å². The molecule has 0 aliphatic carbocycles. The van der Waals surface area contributed by atoms with E-state index in [1.165, 1.54) is 16.8 Å². The van der Waals surface area contributed by atoms with Gasteiger partial charge >= 0.3 is 0 Å². The predicted octanol–water partition coefficient (Wildman–Crippen LogP) is 3.72. The molecule has 162 valence electrons. The molecule has 2 atom stereocenters. The fraction of sp³-hybridized carbons (Fsp3) is 0.455. The lowest BCUT2D eigenvalue weighted by Gasteiger charge is -2.37. The molecule has 7 heteroatoms. The smallest absolute Gasteiger partial charge is 0.210 e. The van der Waals surface area contributed by atoms with Crippen LogP contribution in [-0.4, -0.2) is 54.1 Å². The van der Waals surface area contributed by atoms with Crippen molar-refractivity contribution in [2.45, 2.75) is 33.2 Å². The number of nitrogens with zero attached hydrogens (tertiary/aromatic N) is 2. The van der Waals surface area contributed by atoms with Crippen LogP contribution in [0.15, 0.2) is 42.5 Å². The van der Waals surface area contributed by atoms with E-state index in [-0.39, 0.29) is 24.8 Å². The highest BCUT2D eigenvalue weighted by atomic mass is 35.5. The third kappa shape index (κ3) is 6.76. The van der Waals surface area contributed by atoms with Crippen molar-refractivity contribution in [1.82, 2.24) is 4.90 Å². The molecule has 1 aliphatic rings. The van der Waals surface area contributed by atoms with Gasteiger partial charge in [0.15, 0.2) is 0 Å². The Kier molecular flexibility index (Phi) is 10.2. The Morgan fingerprint density at radius 3 is 2.21 bits per heavy atom. The number of piperazine rings is 1. The van der Waals surface area contributed by atoms with Gasteiger partial charge in [0.25, 0.3) is 0 Å². The Hall–Kier alpha value is -1.50. The number of aryl methyl sites for hydroxylation is 2. The fourth-order valence-corrected chi connectivity index (χ4v) is 3.45. The van der Waals surface area contributed by atoms with Crippen LogP contribution in [0.4, 0.5) is 5.69 Å². The standard InChI is InChI=1S/C22H30N2O3.2ClH/c1-16-8-9-19(14-17(16)2)24-12-10-23(11-13-24)15-22(26)27-21-7-5-4-6-20(21)18(3)25;;/h4-9,14,18,22,25-26H,10-13,15H2,1-3H3;2*1H. The van der Waals surface area contributed by atoms with Gasteiger partial charge in [0, 0.05) is 37.4 Å². The van der Waals surface area contributed by atoms with Crippen molar-refractivity contribution in [3.8, 4) is 5.75 Å². The van der Waals surface area contributed by atoms with E-state index in [2.05, 4.69) is 41.8 Å². The first-order valence-electron chi connectivity index (χ1n) is 9.60. The first-order valence-corrected chi connectivity index (χ1v) is 9.60. The zero-order valence-corrected chi connectivity index (χ0v) is 18.9. The predicted molar refractivity (Wildman–Crippen MR) is 123 cm³/mol. The molecule has 1 aliphatic heterocycles. The number of hydrogen-bond donors (Lipinski definition) is 2. The summed E-state index contributed by atoms with van der Waals surface area (Å²) in [4.78, 5) is 4.60. The van der Waals surface area contributed by atoms with E-state index in [1.807, 2.05) is 18.2 Å². The molecule has 0 amide bonds. The quantitative estimate of drug-likeness (QED) is 0.667. The summed E-state index contributed by atoms with van der Waals surface area (Å²) in [5.74, 6) is 0.536. The van der Waals surface area contributed by atoms with Crippen molar-refractivity contribution in [3.63, 3.8) is 0 Å². The lowest BCUT2D eigenvalue weighted by atomic mass is 10.1. The van der Waals surface area contributed by atoms with E-state index >= 15 is 0 Å². The minimum absolute atomic E-state index is 0. The maximum Gasteiger partial charge on any atom is 0.210 e. The number of β-amino-alcohol motifs (C(OH)–C–C–N with tert-alkyl or cyclic N) is 1. The maximum atomic E-state index is 10.4. The second-order valence-corrected chi connectivity index (χ2v) is 7.34. The molecule has 2 aromatic carbocycles. The Balaban J connectivity index is 0.00000210. The highest BCUT2D eigenvalue weighted by molar-refractivity contribution is 5.85. The fourth-order valence-electron chi connectivity index (χ4n) is 3.45. The maximum absolute atomic E-state index is 10.4. The number of rotatable bonds is 6. The molecule has 1 heterocycles. The largest absolute Gasteiger partial charge is 0.463 e. The van der Waals surface area contributed by atoms with Crippen LogP contribution in [0.2, 0.25) is 0 Å². The van der Waals surface area contributed by atoms with Crippen LogP contribution in [0.1, 0.15) is 29.7 Å². The van der Waals surface area contributed by atoms with Gasteiger partial charge in [-0.15, -0.1) is 24.8 Å². The van der Waals surface area contributed by atoms with Crippen LogP contribution >= 0.6 is 24.8 Å². The molecule has 0 radical (unpaired) electrons. The summed E-state index contributed by atoms with van der Waals surface area (Å²) in [6.07, 6.45) is -1.55. The van der Waals surface area contributed by atoms with Crippen LogP contribution < -0.4 is 9.64 Å². The van der Waals surface area contributed by atoms with Crippen molar-refractivity contribution >= 4 is 30.5 Å². The second-order valence-electron chi connectivity index (χ2n) is 7.34. The number of aliphatic hydroxyl groups is 2. The zero-order valence-electron chi connectivity index (χ0n) is 17.2. The molecule has 3 rings (SSSR count). The number of aliphatic hydroxyl groups excluding tert-OH is 2. The van der Waals surface area contributed by atoms with Gasteiger partial charge in [0.1, 0.15) is 5.75 Å². The number of benzene rings is 2. The summed E-state index contributed by atoms with van der Waals surface area (Å²) in [5, 5.41) is 20.2. The minimum Gasteiger partial charge on any atom is -0.463 e. The monoisotopic (exact) mass is 442 g/mol. The van der Waals surface area contributed by atoms with E-state index in [0.29, 0.717) is 17.9 Å². The van der Waals surface area contributed by atoms with Gasteiger partial charge in [-0.1, -0.05) is 24.3 Å². The summed E-state index contributed by atoms with van der Waals surface area (Å²) in [5.41, 5.74) is 4.59. The zero-order chi connectivity index (χ0) is 19.4. The van der Waals surface area contributed by atoms with Crippen molar-refractivity contribution in [3.05, 3.63) is 59.2 Å². The SMILES string of the molecule is Cc1ccc(N2CCN(CC(O)Oc3ccccc3C(C)O)CC2)cc1C.Cl.Cl. The third-order valence-electron chi connectivity index (χ3n) is 5.27. The Morgan fingerprint density at radius 1 is 0.931 bits per heavy atom.